The highest BCUT2D eigenvalue weighted by Crippen LogP contribution is 2.17. The normalized spacial score (nSPS) is 18.5. The summed E-state index contributed by atoms with van der Waals surface area (Å²) in [4.78, 5) is 13.4. The van der Waals surface area contributed by atoms with Crippen LogP contribution in [-0.4, -0.2) is 38.7 Å². The molecule has 1 aliphatic heterocycles. The lowest BCUT2D eigenvalue weighted by Gasteiger charge is -2.24. The summed E-state index contributed by atoms with van der Waals surface area (Å²) in [5.74, 6) is 1.59. The Hall–Kier alpha value is -2.47. The minimum absolute atomic E-state index is 0.415. The highest BCUT2D eigenvalue weighted by Gasteiger charge is 2.13. The summed E-state index contributed by atoms with van der Waals surface area (Å²) < 4.78 is 1.96. The molecular formula is C16H18N6. The number of imidazole rings is 1. The Morgan fingerprint density at radius 3 is 3.09 bits per heavy atom. The molecule has 1 aromatic carbocycles. The van der Waals surface area contributed by atoms with Gasteiger partial charge >= 0.3 is 0 Å². The van der Waals surface area contributed by atoms with Gasteiger partial charge in [-0.1, -0.05) is 12.1 Å². The topological polar surface area (TPSA) is 67.7 Å². The van der Waals surface area contributed by atoms with Gasteiger partial charge in [0.15, 0.2) is 5.82 Å². The van der Waals surface area contributed by atoms with Crippen LogP contribution in [0.4, 0.5) is 5.82 Å². The van der Waals surface area contributed by atoms with Crippen LogP contribution in [0.3, 0.4) is 0 Å². The molecule has 1 unspecified atom stereocenters. The number of hydrogen-bond acceptors (Lipinski definition) is 5. The number of piperidine rings is 1. The van der Waals surface area contributed by atoms with Gasteiger partial charge in [0.2, 0.25) is 0 Å². The van der Waals surface area contributed by atoms with E-state index in [9.17, 15) is 0 Å². The molecule has 0 aliphatic carbocycles. The molecule has 6 nitrogen and oxygen atoms in total. The van der Waals surface area contributed by atoms with Crippen LogP contribution < -0.4 is 10.6 Å². The second kappa shape index (κ2) is 5.73. The third-order valence-corrected chi connectivity index (χ3v) is 3.97. The van der Waals surface area contributed by atoms with E-state index >= 15 is 0 Å². The largest absolute Gasteiger partial charge is 0.365 e. The third-order valence-electron chi connectivity index (χ3n) is 3.97. The zero-order chi connectivity index (χ0) is 14.8. The number of nitrogens with one attached hydrogen (secondary N) is 2. The van der Waals surface area contributed by atoms with Gasteiger partial charge in [0.1, 0.15) is 12.1 Å². The van der Waals surface area contributed by atoms with E-state index < -0.39 is 0 Å². The van der Waals surface area contributed by atoms with Crippen molar-refractivity contribution in [2.45, 2.75) is 18.9 Å². The molecule has 22 heavy (non-hydrogen) atoms. The second-order valence-corrected chi connectivity index (χ2v) is 5.55. The molecule has 2 N–H and O–H groups in total. The zero-order valence-corrected chi connectivity index (χ0v) is 12.2. The Labute approximate surface area is 128 Å². The van der Waals surface area contributed by atoms with E-state index in [2.05, 4.69) is 25.6 Å². The van der Waals surface area contributed by atoms with E-state index in [-0.39, 0.29) is 0 Å². The van der Waals surface area contributed by atoms with Gasteiger partial charge in [-0.2, -0.15) is 0 Å². The van der Waals surface area contributed by atoms with Gasteiger partial charge in [-0.05, 0) is 31.5 Å². The third kappa shape index (κ3) is 2.53. The highest BCUT2D eigenvalue weighted by atomic mass is 15.2. The predicted octanol–water partition coefficient (Wildman–Crippen LogP) is 1.98. The van der Waals surface area contributed by atoms with Crippen molar-refractivity contribution in [3.8, 4) is 5.82 Å². The molecule has 0 spiro atoms. The Morgan fingerprint density at radius 2 is 2.18 bits per heavy atom. The van der Waals surface area contributed by atoms with Crippen molar-refractivity contribution in [1.82, 2.24) is 24.8 Å². The van der Waals surface area contributed by atoms with E-state index in [0.29, 0.717) is 6.04 Å². The van der Waals surface area contributed by atoms with Gasteiger partial charge in [-0.3, -0.25) is 9.55 Å². The maximum atomic E-state index is 4.68. The quantitative estimate of drug-likeness (QED) is 0.773. The van der Waals surface area contributed by atoms with Gasteiger partial charge in [0.05, 0.1) is 23.4 Å². The molecule has 1 fully saturated rings. The standard InChI is InChI=1S/C16H18N6/c1-2-6-14-13(5-1)19-11-22(14)16-10-18-9-15(21-16)20-12-4-3-7-17-8-12/h1-2,5-6,9-12,17H,3-4,7-8H2,(H,20,21). The minimum atomic E-state index is 0.415. The van der Waals surface area contributed by atoms with Crippen LogP contribution >= 0.6 is 0 Å². The van der Waals surface area contributed by atoms with Crippen LogP contribution in [0.25, 0.3) is 16.9 Å². The first-order valence-corrected chi connectivity index (χ1v) is 7.62. The van der Waals surface area contributed by atoms with Crippen LogP contribution in [-0.2, 0) is 0 Å². The molecule has 4 rings (SSSR count). The maximum absolute atomic E-state index is 4.68. The summed E-state index contributed by atoms with van der Waals surface area (Å²) in [5.41, 5.74) is 1.99. The summed E-state index contributed by atoms with van der Waals surface area (Å²) >= 11 is 0. The Balaban J connectivity index is 1.63. The number of benzene rings is 1. The molecule has 1 saturated heterocycles. The lowest BCUT2D eigenvalue weighted by atomic mass is 10.1. The summed E-state index contributed by atoms with van der Waals surface area (Å²) in [6.45, 7) is 2.07. The van der Waals surface area contributed by atoms with E-state index in [4.69, 9.17) is 0 Å². The summed E-state index contributed by atoms with van der Waals surface area (Å²) in [7, 11) is 0. The summed E-state index contributed by atoms with van der Waals surface area (Å²) in [6.07, 6.45) is 7.68. The zero-order valence-electron chi connectivity index (χ0n) is 12.2. The smallest absolute Gasteiger partial charge is 0.159 e. The van der Waals surface area contributed by atoms with Crippen LogP contribution in [0.15, 0.2) is 43.0 Å². The first-order chi connectivity index (χ1) is 10.9. The molecular weight excluding hydrogens is 276 g/mol. The summed E-state index contributed by atoms with van der Waals surface area (Å²) in [6, 6.07) is 8.44. The summed E-state index contributed by atoms with van der Waals surface area (Å²) in [5, 5.41) is 6.86. The SMILES string of the molecule is c1ccc2c(c1)ncn2-c1cncc(NC2CCCNC2)n1. The number of anilines is 1. The van der Waals surface area contributed by atoms with Gasteiger partial charge in [-0.25, -0.2) is 9.97 Å². The van der Waals surface area contributed by atoms with Crippen molar-refractivity contribution in [3.63, 3.8) is 0 Å². The molecule has 3 aromatic rings. The highest BCUT2D eigenvalue weighted by molar-refractivity contribution is 5.76. The second-order valence-electron chi connectivity index (χ2n) is 5.55. The number of hydrogen-bond donors (Lipinski definition) is 2. The number of aromatic nitrogens is 4. The molecule has 2 aromatic heterocycles. The molecule has 0 radical (unpaired) electrons. The van der Waals surface area contributed by atoms with Gasteiger partial charge in [-0.15, -0.1) is 0 Å². The molecule has 1 atom stereocenters. The lowest BCUT2D eigenvalue weighted by molar-refractivity contribution is 0.479. The van der Waals surface area contributed by atoms with Crippen molar-refractivity contribution >= 4 is 16.9 Å². The Kier molecular flexibility index (Phi) is 3.44. The van der Waals surface area contributed by atoms with Gasteiger partial charge in [0.25, 0.3) is 0 Å². The number of fused-ring (bicyclic) bond motifs is 1. The first-order valence-electron chi connectivity index (χ1n) is 7.62. The maximum Gasteiger partial charge on any atom is 0.159 e. The predicted molar refractivity (Wildman–Crippen MR) is 86.2 cm³/mol. The minimum Gasteiger partial charge on any atom is -0.365 e. The van der Waals surface area contributed by atoms with Crippen LogP contribution in [0.2, 0.25) is 0 Å². The van der Waals surface area contributed by atoms with Crippen LogP contribution in [0.5, 0.6) is 0 Å². The molecule has 0 saturated carbocycles. The molecule has 0 amide bonds. The molecule has 112 valence electrons. The molecule has 0 bridgehead atoms. The molecule has 1 aliphatic rings. The number of rotatable bonds is 3. The van der Waals surface area contributed by atoms with Crippen molar-refractivity contribution in [2.24, 2.45) is 0 Å². The fourth-order valence-corrected chi connectivity index (χ4v) is 2.87. The van der Waals surface area contributed by atoms with Gasteiger partial charge < -0.3 is 10.6 Å². The van der Waals surface area contributed by atoms with E-state index in [1.807, 2.05) is 28.8 Å². The molecule has 6 heteroatoms. The fourth-order valence-electron chi connectivity index (χ4n) is 2.87. The van der Waals surface area contributed by atoms with Crippen molar-refractivity contribution in [2.75, 3.05) is 18.4 Å². The Bertz CT molecular complexity index is 775. The number of para-hydroxylation sites is 2. The lowest BCUT2D eigenvalue weighted by Crippen LogP contribution is -2.38. The van der Waals surface area contributed by atoms with E-state index in [1.54, 1.807) is 18.7 Å². The average molecular weight is 294 g/mol. The van der Waals surface area contributed by atoms with E-state index in [1.165, 1.54) is 6.42 Å². The van der Waals surface area contributed by atoms with Gasteiger partial charge in [0, 0.05) is 12.6 Å². The Morgan fingerprint density at radius 1 is 1.23 bits per heavy atom. The van der Waals surface area contributed by atoms with Crippen LogP contribution in [0, 0.1) is 0 Å². The van der Waals surface area contributed by atoms with Crippen molar-refractivity contribution in [3.05, 3.63) is 43.0 Å². The van der Waals surface area contributed by atoms with Crippen molar-refractivity contribution < 1.29 is 0 Å². The van der Waals surface area contributed by atoms with E-state index in [0.717, 1.165) is 42.2 Å². The van der Waals surface area contributed by atoms with Crippen molar-refractivity contribution in [1.29, 1.82) is 0 Å². The number of nitrogens with zero attached hydrogens (tertiary/aromatic N) is 4. The monoisotopic (exact) mass is 294 g/mol. The van der Waals surface area contributed by atoms with Crippen LogP contribution in [0.1, 0.15) is 12.8 Å². The fraction of sp³-hybridized carbons (Fsp3) is 0.312. The average Bonchev–Trinajstić information content (AvgIpc) is 3.00. The first kappa shape index (κ1) is 13.2. The molecule has 3 heterocycles.